The molecule has 0 saturated heterocycles. The van der Waals surface area contributed by atoms with Gasteiger partial charge in [0.05, 0.1) is 5.92 Å². The van der Waals surface area contributed by atoms with Crippen molar-refractivity contribution in [3.8, 4) is 0 Å². The highest BCUT2D eigenvalue weighted by Crippen LogP contribution is 2.24. The van der Waals surface area contributed by atoms with E-state index in [1.807, 2.05) is 0 Å². The predicted molar refractivity (Wildman–Crippen MR) is 122 cm³/mol. The molecule has 0 heterocycles. The highest BCUT2D eigenvalue weighted by Gasteiger charge is 2.26. The number of amides is 1. The number of carbonyl (C=O) groups is 5. The lowest BCUT2D eigenvalue weighted by molar-refractivity contribution is -0.137. The van der Waals surface area contributed by atoms with Crippen molar-refractivity contribution in [1.29, 1.82) is 0 Å². The van der Waals surface area contributed by atoms with Gasteiger partial charge in [0.2, 0.25) is 5.91 Å². The number of rotatable bonds is 17. The first-order chi connectivity index (χ1) is 15.2. The molecular formula is C24H32N2O6. The van der Waals surface area contributed by atoms with Crippen molar-refractivity contribution in [3.05, 3.63) is 41.5 Å². The average molecular weight is 445 g/mol. The fraction of sp³-hybridized carbons (Fsp3) is 0.458. The molecule has 32 heavy (non-hydrogen) atoms. The van der Waals surface area contributed by atoms with Crippen molar-refractivity contribution in [2.24, 2.45) is 11.7 Å². The van der Waals surface area contributed by atoms with Crippen LogP contribution >= 0.6 is 0 Å². The van der Waals surface area contributed by atoms with Crippen molar-refractivity contribution in [3.63, 3.8) is 0 Å². The van der Waals surface area contributed by atoms with E-state index in [2.05, 4.69) is 11.9 Å². The summed E-state index contributed by atoms with van der Waals surface area (Å²) < 4.78 is 0. The van der Waals surface area contributed by atoms with Crippen molar-refractivity contribution in [2.75, 3.05) is 11.9 Å². The summed E-state index contributed by atoms with van der Waals surface area (Å²) in [5, 5.41) is 11.8. The van der Waals surface area contributed by atoms with E-state index in [9.17, 15) is 24.0 Å². The van der Waals surface area contributed by atoms with Crippen LogP contribution in [-0.4, -0.2) is 41.4 Å². The summed E-state index contributed by atoms with van der Waals surface area (Å²) in [5.74, 6) is -3.33. The minimum atomic E-state index is -0.971. The van der Waals surface area contributed by atoms with E-state index >= 15 is 0 Å². The van der Waals surface area contributed by atoms with E-state index < -0.39 is 23.6 Å². The van der Waals surface area contributed by atoms with Gasteiger partial charge >= 0.3 is 5.97 Å². The van der Waals surface area contributed by atoms with E-state index in [1.54, 1.807) is 12.1 Å². The van der Waals surface area contributed by atoms with Crippen molar-refractivity contribution in [1.82, 2.24) is 0 Å². The zero-order chi connectivity index (χ0) is 24.1. The van der Waals surface area contributed by atoms with E-state index in [0.29, 0.717) is 24.9 Å². The van der Waals surface area contributed by atoms with Crippen molar-refractivity contribution in [2.45, 2.75) is 58.3 Å². The van der Waals surface area contributed by atoms with Crippen LogP contribution in [0.5, 0.6) is 0 Å². The minimum Gasteiger partial charge on any atom is -0.481 e. The third-order valence-corrected chi connectivity index (χ3v) is 5.17. The maximum Gasteiger partial charge on any atom is 0.303 e. The summed E-state index contributed by atoms with van der Waals surface area (Å²) in [4.78, 5) is 57.9. The zero-order valence-electron chi connectivity index (χ0n) is 18.5. The number of Topliss-reactive ketones (excluding diaryl/α,β-unsaturated/α-hetero) is 2. The van der Waals surface area contributed by atoms with Crippen molar-refractivity contribution >= 4 is 35.4 Å². The number of unbranched alkanes of at least 4 members (excludes halogenated alkanes) is 4. The Morgan fingerprint density at radius 3 is 2.34 bits per heavy atom. The molecule has 8 heteroatoms. The van der Waals surface area contributed by atoms with E-state index in [4.69, 9.17) is 10.8 Å². The molecule has 1 amide bonds. The average Bonchev–Trinajstić information content (AvgIpc) is 2.74. The smallest absolute Gasteiger partial charge is 0.303 e. The maximum atomic E-state index is 12.9. The fourth-order valence-corrected chi connectivity index (χ4v) is 3.36. The molecule has 1 aromatic rings. The molecular weight excluding hydrogens is 412 g/mol. The van der Waals surface area contributed by atoms with Gasteiger partial charge in [-0.05, 0) is 44.4 Å². The lowest BCUT2D eigenvalue weighted by atomic mass is 9.87. The van der Waals surface area contributed by atoms with Crippen LogP contribution in [0.1, 0.15) is 79.0 Å². The Bertz CT molecular complexity index is 862. The Hall–Kier alpha value is -3.29. The Kier molecular flexibility index (Phi) is 11.6. The Morgan fingerprint density at radius 1 is 1.09 bits per heavy atom. The highest BCUT2D eigenvalue weighted by atomic mass is 16.4. The molecule has 1 rings (SSSR count). The van der Waals surface area contributed by atoms with Crippen molar-refractivity contribution < 1.29 is 29.1 Å². The fourth-order valence-electron chi connectivity index (χ4n) is 3.36. The van der Waals surface area contributed by atoms with Gasteiger partial charge in [0.15, 0.2) is 11.6 Å². The number of nitrogens with one attached hydrogen (secondary N) is 1. The van der Waals surface area contributed by atoms with Gasteiger partial charge in [0.25, 0.3) is 0 Å². The summed E-state index contributed by atoms with van der Waals surface area (Å²) in [7, 11) is 0. The first-order valence-corrected chi connectivity index (χ1v) is 10.8. The molecule has 0 saturated carbocycles. The molecule has 1 atom stereocenters. The molecule has 0 aliphatic carbocycles. The van der Waals surface area contributed by atoms with Gasteiger partial charge in [-0.3, -0.25) is 19.2 Å². The zero-order valence-corrected chi connectivity index (χ0v) is 18.5. The summed E-state index contributed by atoms with van der Waals surface area (Å²) >= 11 is 0. The second-order valence-corrected chi connectivity index (χ2v) is 7.71. The first kappa shape index (κ1) is 26.7. The van der Waals surface area contributed by atoms with Gasteiger partial charge in [0.1, 0.15) is 6.29 Å². The molecule has 0 aliphatic rings. The molecule has 0 fully saturated rings. The summed E-state index contributed by atoms with van der Waals surface area (Å²) in [6, 6.07) is 4.81. The lowest BCUT2D eigenvalue weighted by Crippen LogP contribution is -2.28. The molecule has 1 unspecified atom stereocenters. The monoisotopic (exact) mass is 444 g/mol. The summed E-state index contributed by atoms with van der Waals surface area (Å²) in [6.45, 7) is 5.73. The van der Waals surface area contributed by atoms with Crippen LogP contribution in [0.3, 0.4) is 0 Å². The molecule has 0 spiro atoms. The molecule has 0 aromatic heterocycles. The van der Waals surface area contributed by atoms with Crippen LogP contribution in [0, 0.1) is 5.92 Å². The standard InChI is InChI=1S/C24H32N2O6/c1-16(19(24(25)32)9-8-14-27)23(31)20-12-11-18(15-21(20)17(2)28)26-13-7-5-3-4-6-10-22(29)30/h11-12,14-15,19,26H,1,3-10,13H2,2H3,(H2,25,32)(H,29,30). The maximum absolute atomic E-state index is 12.9. The Morgan fingerprint density at radius 2 is 1.75 bits per heavy atom. The number of carbonyl (C=O) groups excluding carboxylic acids is 4. The van der Waals surface area contributed by atoms with Gasteiger partial charge in [0, 0.05) is 41.8 Å². The number of hydrogen-bond acceptors (Lipinski definition) is 6. The third-order valence-electron chi connectivity index (χ3n) is 5.17. The number of carboxylic acid groups (broad SMARTS) is 1. The van der Waals surface area contributed by atoms with Crippen LogP contribution < -0.4 is 11.1 Å². The van der Waals surface area contributed by atoms with E-state index in [0.717, 1.165) is 25.7 Å². The van der Waals surface area contributed by atoms with Crippen LogP contribution in [0.25, 0.3) is 0 Å². The SMILES string of the molecule is C=C(C(=O)c1ccc(NCCCCCCCC(=O)O)cc1C(C)=O)C(CCC=O)C(N)=O. The number of primary amides is 1. The van der Waals surface area contributed by atoms with Gasteiger partial charge in [-0.25, -0.2) is 0 Å². The molecule has 174 valence electrons. The van der Waals surface area contributed by atoms with Crippen LogP contribution in [0.15, 0.2) is 30.4 Å². The van der Waals surface area contributed by atoms with Crippen LogP contribution in [-0.2, 0) is 14.4 Å². The number of anilines is 1. The number of hydrogen-bond donors (Lipinski definition) is 3. The molecule has 0 bridgehead atoms. The van der Waals surface area contributed by atoms with Gasteiger partial charge in [-0.15, -0.1) is 0 Å². The minimum absolute atomic E-state index is 0.0366. The van der Waals surface area contributed by atoms with E-state index in [-0.39, 0.29) is 41.7 Å². The van der Waals surface area contributed by atoms with Crippen LogP contribution in [0.4, 0.5) is 5.69 Å². The Labute approximate surface area is 188 Å². The quantitative estimate of drug-likeness (QED) is 0.144. The summed E-state index contributed by atoms with van der Waals surface area (Å²) in [5.41, 5.74) is 6.38. The predicted octanol–water partition coefficient (Wildman–Crippen LogP) is 3.55. The third kappa shape index (κ3) is 8.83. The lowest BCUT2D eigenvalue weighted by Gasteiger charge is -2.16. The Balaban J connectivity index is 2.75. The number of carboxylic acids is 1. The molecule has 0 radical (unpaired) electrons. The van der Waals surface area contributed by atoms with Gasteiger partial charge in [-0.2, -0.15) is 0 Å². The van der Waals surface area contributed by atoms with Crippen LogP contribution in [0.2, 0.25) is 0 Å². The highest BCUT2D eigenvalue weighted by molar-refractivity contribution is 6.17. The van der Waals surface area contributed by atoms with Gasteiger partial charge in [-0.1, -0.05) is 25.8 Å². The van der Waals surface area contributed by atoms with Gasteiger partial charge < -0.3 is 21.0 Å². The molecule has 0 aliphatic heterocycles. The number of aliphatic carboxylic acids is 1. The largest absolute Gasteiger partial charge is 0.481 e. The van der Waals surface area contributed by atoms with E-state index in [1.165, 1.54) is 13.0 Å². The second-order valence-electron chi connectivity index (χ2n) is 7.71. The molecule has 8 nitrogen and oxygen atoms in total. The number of nitrogens with two attached hydrogens (primary N) is 1. The topological polar surface area (TPSA) is 144 Å². The second kappa shape index (κ2) is 13.9. The normalized spacial score (nSPS) is 11.4. The number of aldehydes is 1. The molecule has 1 aromatic carbocycles. The first-order valence-electron chi connectivity index (χ1n) is 10.8. The summed E-state index contributed by atoms with van der Waals surface area (Å²) in [6.07, 6.45) is 5.35. The number of ketones is 2. The molecule has 4 N–H and O–H groups in total. The number of benzene rings is 1.